The minimum Gasteiger partial charge on any atom is -0.385 e. The molecule has 2 rings (SSSR count). The van der Waals surface area contributed by atoms with Crippen molar-refractivity contribution in [2.45, 2.75) is 49.6 Å². The van der Waals surface area contributed by atoms with E-state index in [1.807, 2.05) is 0 Å². The molecule has 100 valence electrons. The molecule has 2 saturated heterocycles. The van der Waals surface area contributed by atoms with Gasteiger partial charge in [-0.05, 0) is 32.1 Å². The molecule has 2 unspecified atom stereocenters. The van der Waals surface area contributed by atoms with E-state index in [4.69, 9.17) is 21.1 Å². The van der Waals surface area contributed by atoms with Gasteiger partial charge in [0.1, 0.15) is 0 Å². The van der Waals surface area contributed by atoms with Crippen LogP contribution in [0.4, 0.5) is 0 Å². The molecule has 2 aliphatic heterocycles. The van der Waals surface area contributed by atoms with Gasteiger partial charge in [-0.2, -0.15) is 0 Å². The Hall–Kier alpha value is 0.170. The van der Waals surface area contributed by atoms with Crippen LogP contribution in [-0.2, 0) is 9.47 Å². The largest absolute Gasteiger partial charge is 0.385 e. The molecule has 0 aromatic carbocycles. The summed E-state index contributed by atoms with van der Waals surface area (Å²) in [5, 5.41) is 0.409. The van der Waals surface area contributed by atoms with E-state index in [1.165, 1.54) is 25.7 Å². The number of nitrogens with zero attached hydrogens (tertiary/aromatic N) is 1. The lowest BCUT2D eigenvalue weighted by molar-refractivity contribution is 0.0586. The molecule has 3 nitrogen and oxygen atoms in total. The second-order valence-corrected chi connectivity index (χ2v) is 5.77. The highest BCUT2D eigenvalue weighted by Gasteiger charge is 2.39. The first-order valence-electron chi connectivity index (χ1n) is 6.77. The Morgan fingerprint density at radius 3 is 2.47 bits per heavy atom. The number of fused-ring (bicyclic) bond motifs is 2. The van der Waals surface area contributed by atoms with Crippen molar-refractivity contribution in [3.05, 3.63) is 0 Å². The lowest BCUT2D eigenvalue weighted by atomic mass is 10.0. The van der Waals surface area contributed by atoms with Crippen LogP contribution in [0.3, 0.4) is 0 Å². The van der Waals surface area contributed by atoms with E-state index in [-0.39, 0.29) is 0 Å². The molecule has 4 heteroatoms. The number of hydrogen-bond acceptors (Lipinski definition) is 3. The summed E-state index contributed by atoms with van der Waals surface area (Å²) in [6.07, 6.45) is 5.99. The van der Waals surface area contributed by atoms with Crippen LogP contribution in [0.1, 0.15) is 32.1 Å². The number of hydrogen-bond donors (Lipinski definition) is 0. The highest BCUT2D eigenvalue weighted by Crippen LogP contribution is 2.37. The van der Waals surface area contributed by atoms with Crippen molar-refractivity contribution in [3.8, 4) is 0 Å². The van der Waals surface area contributed by atoms with Gasteiger partial charge in [0.25, 0.3) is 0 Å². The van der Waals surface area contributed by atoms with E-state index < -0.39 is 0 Å². The Balaban J connectivity index is 1.60. The summed E-state index contributed by atoms with van der Waals surface area (Å²) in [7, 11) is 1.73. The van der Waals surface area contributed by atoms with Crippen LogP contribution in [0.5, 0.6) is 0 Å². The smallest absolute Gasteiger partial charge is 0.0593 e. The molecule has 0 aromatic rings. The van der Waals surface area contributed by atoms with Gasteiger partial charge in [-0.3, -0.25) is 4.90 Å². The van der Waals surface area contributed by atoms with Crippen molar-refractivity contribution in [2.75, 3.05) is 33.5 Å². The van der Waals surface area contributed by atoms with Crippen LogP contribution >= 0.6 is 11.6 Å². The van der Waals surface area contributed by atoms with Crippen molar-refractivity contribution < 1.29 is 9.47 Å². The first-order valence-corrected chi connectivity index (χ1v) is 7.21. The summed E-state index contributed by atoms with van der Waals surface area (Å²) in [5.74, 6) is 0. The average molecular weight is 262 g/mol. The Morgan fingerprint density at radius 2 is 1.82 bits per heavy atom. The van der Waals surface area contributed by atoms with Crippen LogP contribution in [0.15, 0.2) is 0 Å². The third-order valence-corrected chi connectivity index (χ3v) is 4.31. The fourth-order valence-electron chi connectivity index (χ4n) is 3.15. The molecule has 2 aliphatic rings. The molecule has 0 aromatic heterocycles. The van der Waals surface area contributed by atoms with Crippen LogP contribution in [0, 0.1) is 0 Å². The summed E-state index contributed by atoms with van der Waals surface area (Å²) in [6, 6.07) is 1.44. The first-order chi connectivity index (χ1) is 8.31. The second-order valence-electron chi connectivity index (χ2n) is 5.15. The maximum atomic E-state index is 6.26. The van der Waals surface area contributed by atoms with E-state index in [0.29, 0.717) is 5.38 Å². The third kappa shape index (κ3) is 3.82. The summed E-state index contributed by atoms with van der Waals surface area (Å²) in [6.45, 7) is 3.54. The summed E-state index contributed by atoms with van der Waals surface area (Å²) in [5.41, 5.74) is 0. The molecule has 2 fully saturated rings. The van der Waals surface area contributed by atoms with Gasteiger partial charge in [-0.1, -0.05) is 0 Å². The molecule has 2 bridgehead atoms. The van der Waals surface area contributed by atoms with Crippen molar-refractivity contribution in [1.82, 2.24) is 4.90 Å². The number of ether oxygens (including phenoxy) is 2. The number of methoxy groups -OCH3 is 1. The number of rotatable bonds is 7. The molecule has 0 aliphatic carbocycles. The zero-order chi connectivity index (χ0) is 12.1. The SMILES string of the molecule is COCCCOCCN1C2CCC1CC(Cl)C2. The lowest BCUT2D eigenvalue weighted by Crippen LogP contribution is -2.44. The number of halogens is 1. The second kappa shape index (κ2) is 6.93. The fraction of sp³-hybridized carbons (Fsp3) is 1.00. The van der Waals surface area contributed by atoms with Gasteiger partial charge < -0.3 is 9.47 Å². The maximum absolute atomic E-state index is 6.26. The molecule has 0 saturated carbocycles. The van der Waals surface area contributed by atoms with Gasteiger partial charge in [-0.25, -0.2) is 0 Å². The van der Waals surface area contributed by atoms with Crippen LogP contribution in [0.2, 0.25) is 0 Å². The van der Waals surface area contributed by atoms with Crippen molar-refractivity contribution >= 4 is 11.6 Å². The standard InChI is InChI=1S/C13H24ClNO2/c1-16-6-2-7-17-8-5-15-12-3-4-13(15)10-11(14)9-12/h11-13H,2-10H2,1H3. The zero-order valence-corrected chi connectivity index (χ0v) is 11.5. The molecule has 2 atom stereocenters. The summed E-state index contributed by atoms with van der Waals surface area (Å²) >= 11 is 6.26. The molecule has 0 radical (unpaired) electrons. The van der Waals surface area contributed by atoms with Gasteiger partial charge in [0.15, 0.2) is 0 Å². The average Bonchev–Trinajstić information content (AvgIpc) is 2.56. The van der Waals surface area contributed by atoms with Crippen LogP contribution in [-0.4, -0.2) is 55.8 Å². The minimum atomic E-state index is 0.409. The third-order valence-electron chi connectivity index (χ3n) is 3.96. The van der Waals surface area contributed by atoms with E-state index in [0.717, 1.165) is 44.9 Å². The topological polar surface area (TPSA) is 21.7 Å². The Bertz CT molecular complexity index is 213. The monoisotopic (exact) mass is 261 g/mol. The maximum Gasteiger partial charge on any atom is 0.0593 e. The Labute approximate surface area is 109 Å². The molecule has 0 amide bonds. The highest BCUT2D eigenvalue weighted by molar-refractivity contribution is 6.20. The van der Waals surface area contributed by atoms with E-state index in [1.54, 1.807) is 7.11 Å². The zero-order valence-electron chi connectivity index (χ0n) is 10.7. The predicted molar refractivity (Wildman–Crippen MR) is 69.7 cm³/mol. The molecular weight excluding hydrogens is 238 g/mol. The Kier molecular flexibility index (Phi) is 5.54. The van der Waals surface area contributed by atoms with E-state index >= 15 is 0 Å². The first kappa shape index (κ1) is 13.6. The molecule has 0 N–H and O–H groups in total. The predicted octanol–water partition coefficient (Wildman–Crippen LogP) is 2.27. The van der Waals surface area contributed by atoms with Crippen LogP contribution in [0.25, 0.3) is 0 Å². The van der Waals surface area contributed by atoms with E-state index in [9.17, 15) is 0 Å². The van der Waals surface area contributed by atoms with Crippen molar-refractivity contribution in [1.29, 1.82) is 0 Å². The molecule has 0 spiro atoms. The molecule has 2 heterocycles. The Morgan fingerprint density at radius 1 is 1.12 bits per heavy atom. The number of alkyl halides is 1. The molecular formula is C13H24ClNO2. The van der Waals surface area contributed by atoms with Crippen molar-refractivity contribution in [3.63, 3.8) is 0 Å². The van der Waals surface area contributed by atoms with Gasteiger partial charge in [0.05, 0.1) is 6.61 Å². The summed E-state index contributed by atoms with van der Waals surface area (Å²) in [4.78, 5) is 2.62. The van der Waals surface area contributed by atoms with Gasteiger partial charge in [-0.15, -0.1) is 11.6 Å². The minimum absolute atomic E-state index is 0.409. The van der Waals surface area contributed by atoms with Gasteiger partial charge in [0.2, 0.25) is 0 Å². The summed E-state index contributed by atoms with van der Waals surface area (Å²) < 4.78 is 10.6. The fourth-order valence-corrected chi connectivity index (χ4v) is 3.56. The van der Waals surface area contributed by atoms with E-state index in [2.05, 4.69) is 4.90 Å². The lowest BCUT2D eigenvalue weighted by Gasteiger charge is -2.36. The van der Waals surface area contributed by atoms with Crippen LogP contribution < -0.4 is 0 Å². The highest BCUT2D eigenvalue weighted by atomic mass is 35.5. The van der Waals surface area contributed by atoms with Crippen molar-refractivity contribution in [2.24, 2.45) is 0 Å². The molecule has 17 heavy (non-hydrogen) atoms. The van der Waals surface area contributed by atoms with Gasteiger partial charge >= 0.3 is 0 Å². The normalized spacial score (nSPS) is 33.2. The van der Waals surface area contributed by atoms with Gasteiger partial charge in [0, 0.05) is 44.3 Å². The quantitative estimate of drug-likeness (QED) is 0.518. The number of piperidine rings is 1.